The van der Waals surface area contributed by atoms with E-state index in [1.807, 2.05) is 13.8 Å². The highest BCUT2D eigenvalue weighted by Gasteiger charge is 2.31. The first-order valence-corrected chi connectivity index (χ1v) is 7.88. The fourth-order valence-corrected chi connectivity index (χ4v) is 3.91. The number of hydrogen-bond donors (Lipinski definition) is 1. The SMILES string of the molecule is Cc1nc(CNC2CCC3CCCCC3C2)oc1C. The van der Waals surface area contributed by atoms with Crippen molar-refractivity contribution in [2.75, 3.05) is 0 Å². The average molecular weight is 262 g/mol. The normalized spacial score (nSPS) is 31.2. The van der Waals surface area contributed by atoms with Crippen LogP contribution in [0.2, 0.25) is 0 Å². The third kappa shape index (κ3) is 3.02. The zero-order valence-corrected chi connectivity index (χ0v) is 12.2. The van der Waals surface area contributed by atoms with Crippen LogP contribution in [0.1, 0.15) is 62.3 Å². The van der Waals surface area contributed by atoms with Gasteiger partial charge in [-0.1, -0.05) is 25.7 Å². The number of aryl methyl sites for hydroxylation is 2. The lowest BCUT2D eigenvalue weighted by molar-refractivity contribution is 0.142. The van der Waals surface area contributed by atoms with Gasteiger partial charge < -0.3 is 9.73 Å². The summed E-state index contributed by atoms with van der Waals surface area (Å²) in [5.41, 5.74) is 1.02. The first-order valence-electron chi connectivity index (χ1n) is 7.88. The predicted octanol–water partition coefficient (Wildman–Crippen LogP) is 3.74. The summed E-state index contributed by atoms with van der Waals surface area (Å²) in [7, 11) is 0. The number of hydrogen-bond acceptors (Lipinski definition) is 3. The molecular formula is C16H26N2O. The Morgan fingerprint density at radius 2 is 1.89 bits per heavy atom. The van der Waals surface area contributed by atoms with Gasteiger partial charge in [0.15, 0.2) is 0 Å². The second-order valence-electron chi connectivity index (χ2n) is 6.44. The standard InChI is InChI=1S/C16H26N2O/c1-11-12(2)19-16(18-11)10-17-15-8-7-13-5-3-4-6-14(13)9-15/h13-15,17H,3-10H2,1-2H3. The molecule has 1 aromatic rings. The molecular weight excluding hydrogens is 236 g/mol. The topological polar surface area (TPSA) is 38.1 Å². The Hall–Kier alpha value is -0.830. The minimum atomic E-state index is 0.673. The molecule has 0 aliphatic heterocycles. The van der Waals surface area contributed by atoms with Crippen molar-refractivity contribution in [3.05, 3.63) is 17.3 Å². The van der Waals surface area contributed by atoms with Gasteiger partial charge in [-0.05, 0) is 44.9 Å². The number of oxazole rings is 1. The molecule has 0 saturated heterocycles. The molecule has 2 aliphatic carbocycles. The van der Waals surface area contributed by atoms with Gasteiger partial charge in [-0.15, -0.1) is 0 Å². The summed E-state index contributed by atoms with van der Waals surface area (Å²) in [5.74, 6) is 3.81. The molecule has 19 heavy (non-hydrogen) atoms. The Balaban J connectivity index is 1.50. The van der Waals surface area contributed by atoms with Gasteiger partial charge in [-0.25, -0.2) is 4.98 Å². The van der Waals surface area contributed by atoms with Crippen LogP contribution in [-0.2, 0) is 6.54 Å². The van der Waals surface area contributed by atoms with Crippen LogP contribution in [0.3, 0.4) is 0 Å². The van der Waals surface area contributed by atoms with E-state index in [-0.39, 0.29) is 0 Å². The van der Waals surface area contributed by atoms with Crippen LogP contribution in [0.25, 0.3) is 0 Å². The Kier molecular flexibility index (Phi) is 3.92. The highest BCUT2D eigenvalue weighted by molar-refractivity contribution is 5.05. The lowest BCUT2D eigenvalue weighted by atomic mass is 9.69. The van der Waals surface area contributed by atoms with Crippen molar-refractivity contribution in [2.45, 2.75) is 71.4 Å². The number of fused-ring (bicyclic) bond motifs is 1. The molecule has 0 aromatic carbocycles. The molecule has 0 amide bonds. The van der Waals surface area contributed by atoms with Crippen molar-refractivity contribution in [3.63, 3.8) is 0 Å². The highest BCUT2D eigenvalue weighted by atomic mass is 16.4. The van der Waals surface area contributed by atoms with Gasteiger partial charge in [0.05, 0.1) is 12.2 Å². The molecule has 106 valence electrons. The van der Waals surface area contributed by atoms with Gasteiger partial charge in [0.1, 0.15) is 5.76 Å². The molecule has 1 aromatic heterocycles. The number of nitrogens with zero attached hydrogens (tertiary/aromatic N) is 1. The van der Waals surface area contributed by atoms with E-state index in [0.717, 1.165) is 35.7 Å². The molecule has 0 bridgehead atoms. The van der Waals surface area contributed by atoms with E-state index in [2.05, 4.69) is 10.3 Å². The lowest BCUT2D eigenvalue weighted by Crippen LogP contribution is -2.38. The first kappa shape index (κ1) is 13.2. The Bertz CT molecular complexity index is 407. The molecule has 2 fully saturated rings. The monoisotopic (exact) mass is 262 g/mol. The first-order chi connectivity index (χ1) is 9.22. The Morgan fingerprint density at radius 3 is 2.63 bits per heavy atom. The minimum absolute atomic E-state index is 0.673. The van der Waals surface area contributed by atoms with Crippen molar-refractivity contribution in [2.24, 2.45) is 11.8 Å². The summed E-state index contributed by atoms with van der Waals surface area (Å²) in [6.45, 7) is 4.78. The quantitative estimate of drug-likeness (QED) is 0.901. The summed E-state index contributed by atoms with van der Waals surface area (Å²) in [5, 5.41) is 3.66. The third-order valence-electron chi connectivity index (χ3n) is 5.15. The molecule has 3 rings (SSSR count). The van der Waals surface area contributed by atoms with Crippen LogP contribution in [-0.4, -0.2) is 11.0 Å². The molecule has 1 heterocycles. The summed E-state index contributed by atoms with van der Waals surface area (Å²) < 4.78 is 5.64. The molecule has 3 unspecified atom stereocenters. The fourth-order valence-electron chi connectivity index (χ4n) is 3.91. The van der Waals surface area contributed by atoms with Crippen LogP contribution in [0, 0.1) is 25.7 Å². The molecule has 3 nitrogen and oxygen atoms in total. The van der Waals surface area contributed by atoms with Crippen LogP contribution in [0.15, 0.2) is 4.42 Å². The summed E-state index contributed by atoms with van der Waals surface area (Å²) >= 11 is 0. The van der Waals surface area contributed by atoms with Crippen LogP contribution in [0.5, 0.6) is 0 Å². The smallest absolute Gasteiger partial charge is 0.208 e. The van der Waals surface area contributed by atoms with Gasteiger partial charge in [0, 0.05) is 6.04 Å². The van der Waals surface area contributed by atoms with Gasteiger partial charge in [0.2, 0.25) is 5.89 Å². The van der Waals surface area contributed by atoms with E-state index >= 15 is 0 Å². The molecule has 1 N–H and O–H groups in total. The molecule has 2 aliphatic rings. The Labute approximate surface area is 116 Å². The maximum atomic E-state index is 5.64. The van der Waals surface area contributed by atoms with Crippen molar-refractivity contribution >= 4 is 0 Å². The maximum Gasteiger partial charge on any atom is 0.208 e. The van der Waals surface area contributed by atoms with Gasteiger partial charge in [-0.2, -0.15) is 0 Å². The van der Waals surface area contributed by atoms with E-state index in [1.54, 1.807) is 0 Å². The molecule has 0 radical (unpaired) electrons. The van der Waals surface area contributed by atoms with E-state index in [4.69, 9.17) is 4.42 Å². The van der Waals surface area contributed by atoms with E-state index in [9.17, 15) is 0 Å². The van der Waals surface area contributed by atoms with Crippen LogP contribution >= 0.6 is 0 Å². The number of nitrogens with one attached hydrogen (secondary N) is 1. The van der Waals surface area contributed by atoms with Crippen molar-refractivity contribution in [1.82, 2.24) is 10.3 Å². The predicted molar refractivity (Wildman–Crippen MR) is 75.9 cm³/mol. The summed E-state index contributed by atoms with van der Waals surface area (Å²) in [6.07, 6.45) is 9.98. The van der Waals surface area contributed by atoms with Crippen LogP contribution in [0.4, 0.5) is 0 Å². The number of aromatic nitrogens is 1. The van der Waals surface area contributed by atoms with Crippen molar-refractivity contribution in [1.29, 1.82) is 0 Å². The number of rotatable bonds is 3. The van der Waals surface area contributed by atoms with Crippen molar-refractivity contribution in [3.8, 4) is 0 Å². The van der Waals surface area contributed by atoms with Crippen molar-refractivity contribution < 1.29 is 4.42 Å². The highest BCUT2D eigenvalue weighted by Crippen LogP contribution is 2.40. The van der Waals surface area contributed by atoms with E-state index in [1.165, 1.54) is 44.9 Å². The minimum Gasteiger partial charge on any atom is -0.444 e. The zero-order chi connectivity index (χ0) is 13.2. The second kappa shape index (κ2) is 5.66. The maximum absolute atomic E-state index is 5.64. The third-order valence-corrected chi connectivity index (χ3v) is 5.15. The van der Waals surface area contributed by atoms with E-state index < -0.39 is 0 Å². The summed E-state index contributed by atoms with van der Waals surface area (Å²) in [6, 6.07) is 0.673. The summed E-state index contributed by atoms with van der Waals surface area (Å²) in [4.78, 5) is 4.45. The molecule has 2 saturated carbocycles. The van der Waals surface area contributed by atoms with Gasteiger partial charge >= 0.3 is 0 Å². The average Bonchev–Trinajstić information content (AvgIpc) is 2.75. The largest absolute Gasteiger partial charge is 0.444 e. The van der Waals surface area contributed by atoms with Gasteiger partial charge in [-0.3, -0.25) is 0 Å². The zero-order valence-electron chi connectivity index (χ0n) is 12.2. The lowest BCUT2D eigenvalue weighted by Gasteiger charge is -2.39. The Morgan fingerprint density at radius 1 is 1.11 bits per heavy atom. The van der Waals surface area contributed by atoms with Gasteiger partial charge in [0.25, 0.3) is 0 Å². The fraction of sp³-hybridized carbons (Fsp3) is 0.812. The van der Waals surface area contributed by atoms with E-state index in [0.29, 0.717) is 6.04 Å². The second-order valence-corrected chi connectivity index (χ2v) is 6.44. The van der Waals surface area contributed by atoms with Crippen LogP contribution < -0.4 is 5.32 Å². The molecule has 3 heteroatoms. The molecule has 0 spiro atoms. The molecule has 3 atom stereocenters.